The lowest BCUT2D eigenvalue weighted by Gasteiger charge is -2.34. The fourth-order valence-electron chi connectivity index (χ4n) is 3.33. The van der Waals surface area contributed by atoms with Crippen LogP contribution in [0, 0.1) is 12.8 Å². The Kier molecular flexibility index (Phi) is 4.91. The lowest BCUT2D eigenvalue weighted by atomic mass is 9.97. The third-order valence-corrected chi connectivity index (χ3v) is 4.56. The van der Waals surface area contributed by atoms with E-state index in [1.807, 2.05) is 30.0 Å². The van der Waals surface area contributed by atoms with Crippen LogP contribution in [0.2, 0.25) is 0 Å². The highest BCUT2D eigenvalue weighted by Crippen LogP contribution is 2.20. The van der Waals surface area contributed by atoms with Gasteiger partial charge in [-0.05, 0) is 44.9 Å². The van der Waals surface area contributed by atoms with Crippen LogP contribution in [0.5, 0.6) is 0 Å². The number of rotatable bonds is 4. The van der Waals surface area contributed by atoms with Crippen LogP contribution < -0.4 is 5.32 Å². The van der Waals surface area contributed by atoms with E-state index < -0.39 is 0 Å². The van der Waals surface area contributed by atoms with Gasteiger partial charge in [0.25, 0.3) is 0 Å². The molecule has 2 saturated heterocycles. The molecule has 6 heteroatoms. The van der Waals surface area contributed by atoms with Crippen molar-refractivity contribution in [3.05, 3.63) is 23.9 Å². The summed E-state index contributed by atoms with van der Waals surface area (Å²) in [5.74, 6) is 0.840. The van der Waals surface area contributed by atoms with Gasteiger partial charge >= 0.3 is 0 Å². The SMILES string of the molecule is Cc1cccc(NC(=O)C2CCCN(CN3CCCC3=O)C2)n1. The number of piperidine rings is 1. The first-order chi connectivity index (χ1) is 11.1. The topological polar surface area (TPSA) is 65.5 Å². The van der Waals surface area contributed by atoms with Gasteiger partial charge in [0.15, 0.2) is 0 Å². The summed E-state index contributed by atoms with van der Waals surface area (Å²) in [6, 6.07) is 5.61. The van der Waals surface area contributed by atoms with E-state index in [1.165, 1.54) is 0 Å². The molecule has 1 aromatic rings. The zero-order valence-electron chi connectivity index (χ0n) is 13.6. The van der Waals surface area contributed by atoms with Gasteiger partial charge < -0.3 is 10.2 Å². The minimum absolute atomic E-state index is 0.0283. The average molecular weight is 316 g/mol. The molecule has 124 valence electrons. The maximum atomic E-state index is 12.5. The van der Waals surface area contributed by atoms with E-state index >= 15 is 0 Å². The average Bonchev–Trinajstić information content (AvgIpc) is 2.93. The first kappa shape index (κ1) is 15.9. The summed E-state index contributed by atoms with van der Waals surface area (Å²) in [6.07, 6.45) is 3.50. The van der Waals surface area contributed by atoms with E-state index in [0.29, 0.717) is 25.5 Å². The molecule has 3 rings (SSSR count). The molecular weight excluding hydrogens is 292 g/mol. The molecule has 23 heavy (non-hydrogen) atoms. The molecule has 2 aliphatic rings. The van der Waals surface area contributed by atoms with E-state index in [0.717, 1.165) is 38.0 Å². The Morgan fingerprint density at radius 3 is 2.96 bits per heavy atom. The van der Waals surface area contributed by atoms with Crippen molar-refractivity contribution in [3.8, 4) is 0 Å². The van der Waals surface area contributed by atoms with Crippen molar-refractivity contribution in [2.75, 3.05) is 31.6 Å². The van der Waals surface area contributed by atoms with Crippen LogP contribution in [-0.2, 0) is 9.59 Å². The molecule has 0 aliphatic carbocycles. The normalized spacial score (nSPS) is 22.4. The third kappa shape index (κ3) is 4.07. The zero-order chi connectivity index (χ0) is 16.2. The number of anilines is 1. The Morgan fingerprint density at radius 2 is 2.22 bits per heavy atom. The van der Waals surface area contributed by atoms with Crippen LogP contribution in [0.15, 0.2) is 18.2 Å². The van der Waals surface area contributed by atoms with Crippen molar-refractivity contribution in [1.82, 2.24) is 14.8 Å². The van der Waals surface area contributed by atoms with Crippen molar-refractivity contribution in [1.29, 1.82) is 0 Å². The standard InChI is InChI=1S/C17H24N4O2/c1-13-5-2-7-15(18-13)19-17(23)14-6-3-9-20(11-14)12-21-10-4-8-16(21)22/h2,5,7,14H,3-4,6,8-12H2,1H3,(H,18,19,23). The second kappa shape index (κ2) is 7.08. The van der Waals surface area contributed by atoms with Crippen LogP contribution >= 0.6 is 0 Å². The molecule has 0 radical (unpaired) electrons. The summed E-state index contributed by atoms with van der Waals surface area (Å²) in [5.41, 5.74) is 0.889. The number of carbonyl (C=O) groups excluding carboxylic acids is 2. The van der Waals surface area contributed by atoms with E-state index in [9.17, 15) is 9.59 Å². The van der Waals surface area contributed by atoms with Gasteiger partial charge in [-0.15, -0.1) is 0 Å². The van der Waals surface area contributed by atoms with Gasteiger partial charge in [0.2, 0.25) is 11.8 Å². The lowest BCUT2D eigenvalue weighted by Crippen LogP contribution is -2.46. The highest BCUT2D eigenvalue weighted by atomic mass is 16.2. The Morgan fingerprint density at radius 1 is 1.35 bits per heavy atom. The Hall–Kier alpha value is -1.95. The first-order valence-electron chi connectivity index (χ1n) is 8.36. The minimum atomic E-state index is -0.0382. The van der Waals surface area contributed by atoms with Crippen molar-refractivity contribution in [2.45, 2.75) is 32.6 Å². The summed E-state index contributed by atoms with van der Waals surface area (Å²) in [7, 11) is 0. The molecule has 1 aromatic heterocycles. The van der Waals surface area contributed by atoms with Gasteiger partial charge in [0, 0.05) is 25.2 Å². The van der Waals surface area contributed by atoms with Gasteiger partial charge in [-0.3, -0.25) is 14.5 Å². The summed E-state index contributed by atoms with van der Waals surface area (Å²) < 4.78 is 0. The van der Waals surface area contributed by atoms with Crippen LogP contribution in [-0.4, -0.2) is 52.9 Å². The largest absolute Gasteiger partial charge is 0.330 e. The number of aryl methyl sites for hydroxylation is 1. The molecule has 3 heterocycles. The van der Waals surface area contributed by atoms with Crippen molar-refractivity contribution < 1.29 is 9.59 Å². The number of aromatic nitrogens is 1. The van der Waals surface area contributed by atoms with E-state index in [4.69, 9.17) is 0 Å². The van der Waals surface area contributed by atoms with Gasteiger partial charge in [-0.1, -0.05) is 6.07 Å². The molecule has 1 N–H and O–H groups in total. The van der Waals surface area contributed by atoms with Gasteiger partial charge in [0.05, 0.1) is 12.6 Å². The number of hydrogen-bond acceptors (Lipinski definition) is 4. The summed E-state index contributed by atoms with van der Waals surface area (Å²) in [6.45, 7) is 5.08. The van der Waals surface area contributed by atoms with Crippen molar-refractivity contribution >= 4 is 17.6 Å². The molecule has 2 aliphatic heterocycles. The quantitative estimate of drug-likeness (QED) is 0.917. The summed E-state index contributed by atoms with van der Waals surface area (Å²) >= 11 is 0. The van der Waals surface area contributed by atoms with Crippen LogP contribution in [0.1, 0.15) is 31.4 Å². The first-order valence-corrected chi connectivity index (χ1v) is 8.36. The predicted molar refractivity (Wildman–Crippen MR) is 87.7 cm³/mol. The fourth-order valence-corrected chi connectivity index (χ4v) is 3.33. The molecule has 1 atom stereocenters. The Labute approximate surface area is 136 Å². The van der Waals surface area contributed by atoms with E-state index in [-0.39, 0.29) is 17.7 Å². The highest BCUT2D eigenvalue weighted by Gasteiger charge is 2.29. The number of nitrogens with one attached hydrogen (secondary N) is 1. The van der Waals surface area contributed by atoms with Gasteiger partial charge in [-0.2, -0.15) is 0 Å². The maximum absolute atomic E-state index is 12.5. The number of likely N-dealkylation sites (tertiary alicyclic amines) is 2. The lowest BCUT2D eigenvalue weighted by molar-refractivity contribution is -0.130. The molecular formula is C17H24N4O2. The molecule has 0 aromatic carbocycles. The van der Waals surface area contributed by atoms with Crippen molar-refractivity contribution in [3.63, 3.8) is 0 Å². The smallest absolute Gasteiger partial charge is 0.229 e. The summed E-state index contributed by atoms with van der Waals surface area (Å²) in [5, 5.41) is 2.92. The monoisotopic (exact) mass is 316 g/mol. The number of nitrogens with zero attached hydrogens (tertiary/aromatic N) is 3. The highest BCUT2D eigenvalue weighted by molar-refractivity contribution is 5.91. The zero-order valence-corrected chi connectivity index (χ0v) is 13.6. The molecule has 6 nitrogen and oxygen atoms in total. The van der Waals surface area contributed by atoms with Crippen LogP contribution in [0.25, 0.3) is 0 Å². The maximum Gasteiger partial charge on any atom is 0.229 e. The molecule has 2 fully saturated rings. The predicted octanol–water partition coefficient (Wildman–Crippen LogP) is 1.62. The number of hydrogen-bond donors (Lipinski definition) is 1. The van der Waals surface area contributed by atoms with Gasteiger partial charge in [-0.25, -0.2) is 4.98 Å². The third-order valence-electron chi connectivity index (χ3n) is 4.56. The molecule has 0 bridgehead atoms. The van der Waals surface area contributed by atoms with Gasteiger partial charge in [0.1, 0.15) is 5.82 Å². The number of amides is 2. The number of carbonyl (C=O) groups is 2. The fraction of sp³-hybridized carbons (Fsp3) is 0.588. The van der Waals surface area contributed by atoms with Crippen molar-refractivity contribution in [2.24, 2.45) is 5.92 Å². The Bertz CT molecular complexity index is 590. The molecule has 2 amide bonds. The van der Waals surface area contributed by atoms with Crippen LogP contribution in [0.4, 0.5) is 5.82 Å². The van der Waals surface area contributed by atoms with E-state index in [2.05, 4.69) is 15.2 Å². The minimum Gasteiger partial charge on any atom is -0.330 e. The Balaban J connectivity index is 1.55. The second-order valence-corrected chi connectivity index (χ2v) is 6.47. The molecule has 0 spiro atoms. The molecule has 0 saturated carbocycles. The second-order valence-electron chi connectivity index (χ2n) is 6.47. The van der Waals surface area contributed by atoms with E-state index in [1.54, 1.807) is 0 Å². The van der Waals surface area contributed by atoms with Crippen LogP contribution in [0.3, 0.4) is 0 Å². The summed E-state index contributed by atoms with van der Waals surface area (Å²) in [4.78, 5) is 32.7. The number of pyridine rings is 1. The molecule has 1 unspecified atom stereocenters.